The van der Waals surface area contributed by atoms with Gasteiger partial charge in [-0.3, -0.25) is 18.0 Å². The fourth-order valence-electron chi connectivity index (χ4n) is 3.47. The lowest BCUT2D eigenvalue weighted by atomic mass is 10.1. The van der Waals surface area contributed by atoms with Gasteiger partial charge in [0.1, 0.15) is 30.2 Å². The van der Waals surface area contributed by atoms with E-state index in [1.165, 1.54) is 24.3 Å². The highest BCUT2D eigenvalue weighted by Crippen LogP contribution is 2.64. The Morgan fingerprint density at radius 1 is 1.08 bits per heavy atom. The van der Waals surface area contributed by atoms with Crippen molar-refractivity contribution in [3.05, 3.63) is 12.7 Å². The molecule has 2 aromatic heterocycles. The molecule has 0 saturated carbocycles. The second-order valence-corrected chi connectivity index (χ2v) is 13.0. The summed E-state index contributed by atoms with van der Waals surface area (Å²) in [6.45, 7) is -1.65. The van der Waals surface area contributed by atoms with Crippen molar-refractivity contribution in [2.24, 2.45) is 0 Å². The van der Waals surface area contributed by atoms with Crippen molar-refractivity contribution in [2.45, 2.75) is 31.0 Å². The van der Waals surface area contributed by atoms with Crippen LogP contribution in [-0.2, 0) is 41.5 Å². The molecule has 2 fully saturated rings. The number of hydrogen-bond donors (Lipinski definition) is 8. The normalized spacial score (nSPS) is 27.6. The van der Waals surface area contributed by atoms with Crippen molar-refractivity contribution >= 4 is 47.2 Å². The van der Waals surface area contributed by atoms with E-state index in [4.69, 9.17) is 46.6 Å². The molecule has 2 saturated heterocycles. The van der Waals surface area contributed by atoms with E-state index in [0.717, 1.165) is 0 Å². The first-order valence-corrected chi connectivity index (χ1v) is 14.5. The number of anilines is 1. The van der Waals surface area contributed by atoms with Crippen LogP contribution in [0.3, 0.4) is 0 Å². The third kappa shape index (κ3) is 8.06. The molecule has 0 amide bonds. The molecule has 4 rings (SSSR count). The van der Waals surface area contributed by atoms with Crippen LogP contribution in [0.25, 0.3) is 11.2 Å². The number of ether oxygens (including phenoxy) is 4. The van der Waals surface area contributed by atoms with Crippen molar-refractivity contribution in [2.75, 3.05) is 25.4 Å². The zero-order valence-corrected chi connectivity index (χ0v) is 23.1. The van der Waals surface area contributed by atoms with Crippen LogP contribution in [0.15, 0.2) is 12.7 Å². The lowest BCUT2D eigenvalue weighted by Gasteiger charge is -2.30. The average molecular weight is 610 g/mol. The number of nitrogen functional groups attached to an aromatic ring is 1. The topological polar surface area (TPSA) is 378 Å². The fourth-order valence-corrected chi connectivity index (χ4v) is 7.97. The molecular weight excluding hydrogens is 578 g/mol. The Morgan fingerprint density at radius 2 is 1.71 bits per heavy atom. The molecule has 2 aromatic rings. The summed E-state index contributed by atoms with van der Waals surface area (Å²) >= 11 is 0. The van der Waals surface area contributed by atoms with Crippen LogP contribution in [-0.4, -0.2) is 86.2 Å². The minimum Gasteiger partial charge on any atom is -0.443 e. The number of methoxy groups -OCH3 is 1. The van der Waals surface area contributed by atoms with E-state index >= 15 is 0 Å². The summed E-state index contributed by atoms with van der Waals surface area (Å²) in [6.07, 6.45) is -0.904. The van der Waals surface area contributed by atoms with Crippen LogP contribution < -0.4 is 30.3 Å². The summed E-state index contributed by atoms with van der Waals surface area (Å²) in [5.74, 6) is -1.45. The lowest BCUT2D eigenvalue weighted by molar-refractivity contribution is -0.256. The highest BCUT2D eigenvalue weighted by molar-refractivity contribution is 7.85. The van der Waals surface area contributed by atoms with Crippen LogP contribution in [0.2, 0.25) is 0 Å². The van der Waals surface area contributed by atoms with E-state index in [0.29, 0.717) is 11.2 Å². The molecule has 0 bridgehead atoms. The number of hydrogen-bond acceptors (Lipinski definition) is 16. The average Bonchev–Trinajstić information content (AvgIpc) is 3.37. The van der Waals surface area contributed by atoms with Gasteiger partial charge >= 0.3 is 15.2 Å². The van der Waals surface area contributed by atoms with Crippen molar-refractivity contribution in [3.63, 3.8) is 0 Å². The predicted molar refractivity (Wildman–Crippen MR) is 132 cm³/mol. The Hall–Kier alpha value is -1.42. The van der Waals surface area contributed by atoms with Crippen LogP contribution in [0.5, 0.6) is 0 Å². The van der Waals surface area contributed by atoms with Gasteiger partial charge in [0, 0.05) is 7.11 Å². The van der Waals surface area contributed by atoms with E-state index in [1.807, 2.05) is 0 Å². The van der Waals surface area contributed by atoms with E-state index in [1.54, 1.807) is 0 Å². The van der Waals surface area contributed by atoms with Gasteiger partial charge in [-0.2, -0.15) is 0 Å². The zero-order chi connectivity index (χ0) is 24.9. The second kappa shape index (κ2) is 13.3. The number of fused-ring (bicyclic) bond motifs is 2. The number of quaternary nitrogens is 1. The van der Waals surface area contributed by atoms with Gasteiger partial charge in [-0.25, -0.2) is 15.0 Å². The SMILES string of the molecule is N.N.N.[B-]P(=O)(OC[C@H]1O[C@@H](n2cnc3c(N)ncnc32)[C@@H]2OC(OC)O[C@@H]21)OP(=O)(O)CP(=O)(O)O.[NH4+]. The summed E-state index contributed by atoms with van der Waals surface area (Å²) in [5.41, 5.74) is 6.46. The van der Waals surface area contributed by atoms with E-state index in [-0.39, 0.29) is 30.4 Å². The first kappa shape index (κ1) is 36.6. The third-order valence-corrected chi connectivity index (χ3v) is 10.0. The Bertz CT molecular complexity index is 1220. The standard InChI is InChI=1S/C13H19BN5O12P3.4H3N/c1-26-13-29-8-6(2-27-34(14,25)31-33(23,24)5-32(20,21)22)28-12(9(8)30-13)19-4-18-7-10(15)16-3-17-11(7)19;;;;/h3-4,6,8-9,12-13H,2,5H2,1H3,(H,23,24)(H2,15,16,17)(H2,20,21,22);4*1H3/q-1;;;;/p+1/t6-,8-,9-,12-,13?,34?;;;;/m1..../s1. The summed E-state index contributed by atoms with van der Waals surface area (Å²) in [7, 11) is -8.10. The maximum Gasteiger partial charge on any atom is 0.344 e. The number of nitrogens with two attached hydrogens (primary N) is 1. The van der Waals surface area contributed by atoms with Gasteiger partial charge in [0.15, 0.2) is 23.6 Å². The Kier molecular flexibility index (Phi) is 12.8. The number of aromatic nitrogens is 4. The molecule has 21 nitrogen and oxygen atoms in total. The van der Waals surface area contributed by atoms with Gasteiger partial charge in [-0.1, -0.05) is 0 Å². The molecule has 2 aliphatic rings. The molecule has 2 aliphatic heterocycles. The Morgan fingerprint density at radius 3 is 2.32 bits per heavy atom. The molecule has 25 heteroatoms. The van der Waals surface area contributed by atoms with Gasteiger partial charge in [0.25, 0.3) is 6.48 Å². The lowest BCUT2D eigenvalue weighted by Crippen LogP contribution is -2.31. The third-order valence-electron chi connectivity index (χ3n) is 4.70. The minimum atomic E-state index is -5.05. The van der Waals surface area contributed by atoms with Gasteiger partial charge in [0.05, 0.1) is 20.4 Å². The molecule has 3 unspecified atom stereocenters. The summed E-state index contributed by atoms with van der Waals surface area (Å²) in [6, 6.07) is 0. The van der Waals surface area contributed by atoms with Crippen molar-refractivity contribution in [3.8, 4) is 0 Å². The Balaban J connectivity index is 0.00000342. The first-order valence-electron chi connectivity index (χ1n) is 9.32. The molecule has 18 N–H and O–H groups in total. The minimum absolute atomic E-state index is 0. The van der Waals surface area contributed by atoms with Crippen molar-refractivity contribution < 1.29 is 56.2 Å². The van der Waals surface area contributed by atoms with Crippen LogP contribution in [0, 0.1) is 0 Å². The highest BCUT2D eigenvalue weighted by atomic mass is 31.3. The smallest absolute Gasteiger partial charge is 0.344 e. The maximum absolute atomic E-state index is 12.4. The van der Waals surface area contributed by atoms with Gasteiger partial charge < -0.3 is 80.6 Å². The van der Waals surface area contributed by atoms with Crippen molar-refractivity contribution in [1.29, 1.82) is 0 Å². The molecule has 0 spiro atoms. The number of imidazole rings is 1. The van der Waals surface area contributed by atoms with Gasteiger partial charge in [-0.15, -0.1) is 0 Å². The van der Waals surface area contributed by atoms with Gasteiger partial charge in [0.2, 0.25) is 0 Å². The van der Waals surface area contributed by atoms with E-state index < -0.39 is 66.2 Å². The first-order chi connectivity index (χ1) is 15.8. The quantitative estimate of drug-likeness (QED) is 0.141. The van der Waals surface area contributed by atoms with Crippen molar-refractivity contribution in [1.82, 2.24) is 44.1 Å². The summed E-state index contributed by atoms with van der Waals surface area (Å²) in [4.78, 5) is 39.5. The molecule has 3 radical (unpaired) electrons. The molecular formula is C13H32BN9O12P3. The fraction of sp³-hybridized carbons (Fsp3) is 0.615. The van der Waals surface area contributed by atoms with Crippen LogP contribution in [0.4, 0.5) is 5.82 Å². The van der Waals surface area contributed by atoms with Crippen LogP contribution >= 0.6 is 22.7 Å². The predicted octanol–water partition coefficient (Wildman–Crippen LogP) is 0.512. The molecule has 0 aliphatic carbocycles. The number of nitrogens with zero attached hydrogens (tertiary/aromatic N) is 4. The maximum atomic E-state index is 12.4. The monoisotopic (exact) mass is 610 g/mol. The second-order valence-electron chi connectivity index (χ2n) is 7.23. The zero-order valence-electron chi connectivity index (χ0n) is 20.4. The van der Waals surface area contributed by atoms with Crippen LogP contribution in [0.1, 0.15) is 6.23 Å². The largest absolute Gasteiger partial charge is 0.443 e. The number of rotatable bonds is 9. The molecule has 7 atom stereocenters. The Labute approximate surface area is 217 Å². The van der Waals surface area contributed by atoms with E-state index in [2.05, 4.69) is 19.3 Å². The summed E-state index contributed by atoms with van der Waals surface area (Å²) in [5, 5.41) is 0. The summed E-state index contributed by atoms with van der Waals surface area (Å²) < 4.78 is 68.3. The molecule has 4 heterocycles. The molecule has 0 aromatic carbocycles. The highest BCUT2D eigenvalue weighted by Gasteiger charge is 2.54. The molecule has 38 heavy (non-hydrogen) atoms. The molecule has 219 valence electrons. The van der Waals surface area contributed by atoms with Gasteiger partial charge in [-0.05, 0) is 0 Å². The van der Waals surface area contributed by atoms with E-state index in [9.17, 15) is 18.6 Å².